The summed E-state index contributed by atoms with van der Waals surface area (Å²) in [5, 5.41) is 0.906. The van der Waals surface area contributed by atoms with Gasteiger partial charge in [0.25, 0.3) is 0 Å². The number of allylic oxidation sites excluding steroid dienone is 1. The number of ketones is 1. The van der Waals surface area contributed by atoms with E-state index in [-0.39, 0.29) is 11.5 Å². The third-order valence-electron chi connectivity index (χ3n) is 4.44. The minimum absolute atomic E-state index is 0.181. The van der Waals surface area contributed by atoms with Gasteiger partial charge in [-0.25, -0.2) is 0 Å². The summed E-state index contributed by atoms with van der Waals surface area (Å²) in [6.45, 7) is 2.48. The van der Waals surface area contributed by atoms with Crippen LogP contribution in [0.4, 0.5) is 0 Å². The fourth-order valence-corrected chi connectivity index (χ4v) is 3.39. The van der Waals surface area contributed by atoms with E-state index in [1.807, 2.05) is 31.2 Å². The molecule has 0 aliphatic carbocycles. The molecule has 0 atom stereocenters. The Morgan fingerprint density at radius 3 is 2.43 bits per heavy atom. The number of aryl methyl sites for hydroxylation is 1. The Labute approximate surface area is 173 Å². The second kappa shape index (κ2) is 7.70. The molecule has 4 rings (SSSR count). The van der Waals surface area contributed by atoms with Crippen LogP contribution in [0.25, 0.3) is 6.08 Å². The summed E-state index contributed by atoms with van der Waals surface area (Å²) in [6, 6.07) is 18.5. The number of hydrogen-bond acceptors (Lipinski definition) is 3. The van der Waals surface area contributed by atoms with Gasteiger partial charge in [-0.15, -0.1) is 0 Å². The molecule has 140 valence electrons. The normalized spacial score (nSPS) is 14.1. The number of rotatable bonds is 4. The Morgan fingerprint density at radius 1 is 1.00 bits per heavy atom. The molecule has 0 spiro atoms. The maximum Gasteiger partial charge on any atom is 0.231 e. The number of hydrogen-bond donors (Lipinski definition) is 0. The van der Waals surface area contributed by atoms with E-state index in [0.29, 0.717) is 39.3 Å². The molecule has 0 amide bonds. The summed E-state index contributed by atoms with van der Waals surface area (Å²) < 4.78 is 11.6. The number of fused-ring (bicyclic) bond motifs is 1. The van der Waals surface area contributed by atoms with Crippen molar-refractivity contribution in [2.24, 2.45) is 0 Å². The second-order valence-corrected chi connectivity index (χ2v) is 7.32. The first-order valence-electron chi connectivity index (χ1n) is 8.72. The van der Waals surface area contributed by atoms with Crippen LogP contribution in [0.5, 0.6) is 11.5 Å². The largest absolute Gasteiger partial charge is 0.489 e. The number of carbonyl (C=O) groups is 1. The van der Waals surface area contributed by atoms with Gasteiger partial charge in [-0.1, -0.05) is 59.1 Å². The molecule has 0 bridgehead atoms. The average Bonchev–Trinajstić information content (AvgIpc) is 2.99. The highest BCUT2D eigenvalue weighted by atomic mass is 35.5. The molecule has 1 heterocycles. The average molecular weight is 411 g/mol. The molecule has 3 aromatic rings. The molecule has 0 aromatic heterocycles. The highest BCUT2D eigenvalue weighted by molar-refractivity contribution is 6.37. The van der Waals surface area contributed by atoms with Gasteiger partial charge in [0.15, 0.2) is 5.76 Å². The van der Waals surface area contributed by atoms with Crippen molar-refractivity contribution in [3.05, 3.63) is 98.7 Å². The van der Waals surface area contributed by atoms with E-state index >= 15 is 0 Å². The van der Waals surface area contributed by atoms with Crippen LogP contribution in [0.15, 0.2) is 66.4 Å². The fraction of sp³-hybridized carbons (Fsp3) is 0.0870. The van der Waals surface area contributed by atoms with Crippen molar-refractivity contribution in [2.45, 2.75) is 13.5 Å². The molecule has 0 saturated carbocycles. The molecule has 3 nitrogen and oxygen atoms in total. The minimum Gasteiger partial charge on any atom is -0.489 e. The van der Waals surface area contributed by atoms with Crippen LogP contribution < -0.4 is 9.47 Å². The van der Waals surface area contributed by atoms with E-state index in [0.717, 1.165) is 5.56 Å². The highest BCUT2D eigenvalue weighted by Gasteiger charge is 2.28. The topological polar surface area (TPSA) is 35.5 Å². The van der Waals surface area contributed by atoms with E-state index in [1.54, 1.807) is 42.5 Å². The molecule has 0 fully saturated rings. The summed E-state index contributed by atoms with van der Waals surface area (Å²) in [5.74, 6) is 1.06. The summed E-state index contributed by atoms with van der Waals surface area (Å²) in [4.78, 5) is 12.6. The van der Waals surface area contributed by atoms with Crippen molar-refractivity contribution in [2.75, 3.05) is 0 Å². The van der Waals surface area contributed by atoms with Crippen LogP contribution in [0.3, 0.4) is 0 Å². The Balaban J connectivity index is 1.54. The molecule has 5 heteroatoms. The molecule has 0 radical (unpaired) electrons. The van der Waals surface area contributed by atoms with Gasteiger partial charge in [0, 0.05) is 21.7 Å². The molecular formula is C23H16Cl2O3. The summed E-state index contributed by atoms with van der Waals surface area (Å²) >= 11 is 12.4. The van der Waals surface area contributed by atoms with E-state index in [1.165, 1.54) is 5.56 Å². The lowest BCUT2D eigenvalue weighted by molar-refractivity contribution is 0.101. The molecule has 28 heavy (non-hydrogen) atoms. The first-order chi connectivity index (χ1) is 13.5. The SMILES string of the molecule is Cc1ccc(COc2ccc3c(c2)O/C(=C\c2c(Cl)cccc2Cl)C3=O)cc1. The predicted octanol–water partition coefficient (Wildman–Crippen LogP) is 6.50. The summed E-state index contributed by atoms with van der Waals surface area (Å²) in [7, 11) is 0. The summed E-state index contributed by atoms with van der Waals surface area (Å²) in [6.07, 6.45) is 1.57. The van der Waals surface area contributed by atoms with Gasteiger partial charge in [0.1, 0.15) is 18.1 Å². The van der Waals surface area contributed by atoms with E-state index < -0.39 is 0 Å². The lowest BCUT2D eigenvalue weighted by Crippen LogP contribution is -1.98. The predicted molar refractivity (Wildman–Crippen MR) is 111 cm³/mol. The first-order valence-corrected chi connectivity index (χ1v) is 9.47. The quantitative estimate of drug-likeness (QED) is 0.460. The lowest BCUT2D eigenvalue weighted by atomic mass is 10.1. The Morgan fingerprint density at radius 2 is 1.71 bits per heavy atom. The van der Waals surface area contributed by atoms with Crippen molar-refractivity contribution in [1.29, 1.82) is 0 Å². The lowest BCUT2D eigenvalue weighted by Gasteiger charge is -2.07. The zero-order valence-corrected chi connectivity index (χ0v) is 16.6. The zero-order valence-electron chi connectivity index (χ0n) is 15.0. The van der Waals surface area contributed by atoms with Gasteiger partial charge in [0.05, 0.1) is 5.56 Å². The van der Waals surface area contributed by atoms with Crippen molar-refractivity contribution < 1.29 is 14.3 Å². The number of ether oxygens (including phenoxy) is 2. The number of benzene rings is 3. The number of halogens is 2. The number of carbonyl (C=O) groups excluding carboxylic acids is 1. The maximum absolute atomic E-state index is 12.6. The third kappa shape index (κ3) is 3.77. The molecule has 1 aliphatic rings. The standard InChI is InChI=1S/C23H16Cl2O3/c1-14-5-7-15(8-6-14)13-27-16-9-10-17-21(11-16)28-22(23(17)26)12-18-19(24)3-2-4-20(18)25/h2-12H,13H2,1H3/b22-12-. The van der Waals surface area contributed by atoms with Crippen molar-refractivity contribution in [1.82, 2.24) is 0 Å². The Kier molecular flexibility index (Phi) is 5.12. The Hall–Kier alpha value is -2.75. The first kappa shape index (κ1) is 18.6. The van der Waals surface area contributed by atoms with Gasteiger partial charge >= 0.3 is 0 Å². The molecule has 0 saturated heterocycles. The molecule has 1 aliphatic heterocycles. The van der Waals surface area contributed by atoms with Crippen LogP contribution in [0, 0.1) is 6.92 Å². The zero-order chi connectivity index (χ0) is 19.7. The smallest absolute Gasteiger partial charge is 0.231 e. The van der Waals surface area contributed by atoms with E-state index in [4.69, 9.17) is 32.7 Å². The monoisotopic (exact) mass is 410 g/mol. The Bertz CT molecular complexity index is 1070. The highest BCUT2D eigenvalue weighted by Crippen LogP contribution is 2.36. The molecule has 0 unspecified atom stereocenters. The van der Waals surface area contributed by atoms with Gasteiger partial charge in [-0.3, -0.25) is 4.79 Å². The van der Waals surface area contributed by atoms with Crippen molar-refractivity contribution >= 4 is 35.1 Å². The van der Waals surface area contributed by atoms with Gasteiger partial charge in [-0.05, 0) is 42.8 Å². The van der Waals surface area contributed by atoms with E-state index in [9.17, 15) is 4.79 Å². The molecule has 0 N–H and O–H groups in total. The van der Waals surface area contributed by atoms with Crippen LogP contribution in [0.1, 0.15) is 27.0 Å². The minimum atomic E-state index is -0.212. The third-order valence-corrected chi connectivity index (χ3v) is 5.10. The van der Waals surface area contributed by atoms with Crippen molar-refractivity contribution in [3.8, 4) is 11.5 Å². The number of Topliss-reactive ketones (excluding diaryl/α,β-unsaturated/α-hetero) is 1. The fourth-order valence-electron chi connectivity index (χ4n) is 2.89. The van der Waals surface area contributed by atoms with E-state index in [2.05, 4.69) is 0 Å². The second-order valence-electron chi connectivity index (χ2n) is 6.51. The van der Waals surface area contributed by atoms with Crippen molar-refractivity contribution in [3.63, 3.8) is 0 Å². The van der Waals surface area contributed by atoms with Crippen LogP contribution >= 0.6 is 23.2 Å². The molecule has 3 aromatic carbocycles. The van der Waals surface area contributed by atoms with Crippen LogP contribution in [-0.4, -0.2) is 5.78 Å². The summed E-state index contributed by atoms with van der Waals surface area (Å²) in [5.41, 5.74) is 3.30. The van der Waals surface area contributed by atoms with Crippen LogP contribution in [-0.2, 0) is 6.61 Å². The van der Waals surface area contributed by atoms with Gasteiger partial charge < -0.3 is 9.47 Å². The van der Waals surface area contributed by atoms with Gasteiger partial charge in [-0.2, -0.15) is 0 Å². The maximum atomic E-state index is 12.6. The molecular weight excluding hydrogens is 395 g/mol. The van der Waals surface area contributed by atoms with Gasteiger partial charge in [0.2, 0.25) is 5.78 Å². The van der Waals surface area contributed by atoms with Crippen LogP contribution in [0.2, 0.25) is 10.0 Å².